The van der Waals surface area contributed by atoms with Gasteiger partial charge in [0.1, 0.15) is 92.6 Å². The topological polar surface area (TPSA) is 380 Å². The van der Waals surface area contributed by atoms with Crippen molar-refractivity contribution in [1.29, 1.82) is 0 Å². The highest BCUT2D eigenvalue weighted by molar-refractivity contribution is 7.47. The zero-order chi connectivity index (χ0) is 85.7. The average Bonchev–Trinajstić information content (AvgIpc) is 0.754. The number of phosphoric acid groups is 1. The Balaban J connectivity index is 1.92. The van der Waals surface area contributed by atoms with Crippen LogP contribution < -0.4 is 0 Å². The molecule has 690 valence electrons. The van der Waals surface area contributed by atoms with Crippen LogP contribution in [0.2, 0.25) is 0 Å². The lowest BCUT2D eigenvalue weighted by Crippen LogP contribution is -2.70. The maximum Gasteiger partial charge on any atom is 0.472 e. The third kappa shape index (κ3) is 49.7. The molecule has 20 unspecified atom stereocenters. The average molecular weight is 1700 g/mol. The van der Waals surface area contributed by atoms with Crippen LogP contribution >= 0.6 is 7.82 Å². The number of ether oxygens (including phenoxy) is 8. The van der Waals surface area contributed by atoms with E-state index in [2.05, 4.69) is 41.5 Å². The molecule has 0 aromatic carbocycles. The molecule has 3 fully saturated rings. The summed E-state index contributed by atoms with van der Waals surface area (Å²) >= 11 is 0. The van der Waals surface area contributed by atoms with Gasteiger partial charge in [0.05, 0.1) is 13.2 Å². The maximum absolute atomic E-state index is 14.9. The minimum absolute atomic E-state index is 0.0169. The van der Waals surface area contributed by atoms with Gasteiger partial charge < -0.3 is 88.7 Å². The van der Waals surface area contributed by atoms with Crippen LogP contribution in [0.1, 0.15) is 414 Å². The van der Waals surface area contributed by atoms with Crippen molar-refractivity contribution in [3.63, 3.8) is 0 Å². The Morgan fingerprint density at radius 1 is 0.333 bits per heavy atom. The molecule has 0 radical (unpaired) electrons. The molecule has 20 atom stereocenters. The van der Waals surface area contributed by atoms with Gasteiger partial charge in [0, 0.05) is 25.7 Å². The Bertz CT molecular complexity index is 2470. The molecule has 2 heterocycles. The highest BCUT2D eigenvalue weighted by atomic mass is 31.2. The van der Waals surface area contributed by atoms with E-state index in [0.717, 1.165) is 128 Å². The summed E-state index contributed by atoms with van der Waals surface area (Å²) < 4.78 is 73.5. The molecule has 26 heteroatoms. The number of unbranched alkanes of at least 4 members (excludes halogenated alkanes) is 44. The number of hydrogen-bond acceptors (Lipinski definition) is 24. The van der Waals surface area contributed by atoms with Crippen molar-refractivity contribution in [3.8, 4) is 0 Å². The molecule has 0 bridgehead atoms. The van der Waals surface area contributed by atoms with E-state index in [1.165, 1.54) is 186 Å². The first-order chi connectivity index (χ1) is 56.5. The lowest BCUT2D eigenvalue weighted by atomic mass is 9.84. The van der Waals surface area contributed by atoms with Crippen molar-refractivity contribution in [3.05, 3.63) is 0 Å². The van der Waals surface area contributed by atoms with Crippen LogP contribution in [0.25, 0.3) is 0 Å². The van der Waals surface area contributed by atoms with Gasteiger partial charge in [-0.05, 0) is 37.5 Å². The lowest BCUT2D eigenvalue weighted by Gasteiger charge is -2.50. The van der Waals surface area contributed by atoms with Gasteiger partial charge in [-0.25, -0.2) is 4.57 Å². The van der Waals surface area contributed by atoms with Crippen molar-refractivity contribution in [2.75, 3.05) is 26.4 Å². The number of carbonyl (C=O) groups excluding carboxylic acids is 4. The first-order valence-corrected chi connectivity index (χ1v) is 49.0. The summed E-state index contributed by atoms with van der Waals surface area (Å²) in [6.07, 6.45) is 22.5. The molecule has 2 saturated heterocycles. The molecule has 2 aliphatic heterocycles. The number of rotatable bonds is 76. The molecule has 0 aromatic heterocycles. The van der Waals surface area contributed by atoms with Gasteiger partial charge in [-0.2, -0.15) is 0 Å². The molecule has 0 spiro atoms. The van der Waals surface area contributed by atoms with E-state index < -0.39 is 162 Å². The minimum Gasteiger partial charge on any atom is -0.463 e. The van der Waals surface area contributed by atoms with Gasteiger partial charge >= 0.3 is 31.7 Å². The molecule has 3 aliphatic rings. The monoisotopic (exact) mass is 1700 g/mol. The van der Waals surface area contributed by atoms with Gasteiger partial charge in [0.2, 0.25) is 0 Å². The number of carbonyl (C=O) groups is 4. The molecule has 0 amide bonds. The molecule has 3 rings (SSSR count). The molecular formula is C91H171O25P. The SMILES string of the molecule is CCCCCCCCCCCCCCCC(=O)OC(COC(=O)CCCCCCCCC(C)CCCCCCCC)COP(=O)(O)OC1C(OC2OC(CO)C(O)C(O)C2O)C(O)C(O)C(OC(=O)CCCCCCCCCCCCCCC)C1OC1OC(COC(=O)CCCCCCCCC(C)CCCCCCCC)C(O)C(O)C1O. The van der Waals surface area contributed by atoms with E-state index in [9.17, 15) is 74.6 Å². The van der Waals surface area contributed by atoms with Gasteiger partial charge in [0.15, 0.2) is 24.8 Å². The largest absolute Gasteiger partial charge is 0.472 e. The third-order valence-corrected chi connectivity index (χ3v) is 24.9. The minimum atomic E-state index is -5.80. The summed E-state index contributed by atoms with van der Waals surface area (Å²) in [6, 6.07) is 0. The van der Waals surface area contributed by atoms with E-state index in [1.807, 2.05) is 0 Å². The van der Waals surface area contributed by atoms with Crippen LogP contribution in [0, 0.1) is 11.8 Å². The second-order valence-electron chi connectivity index (χ2n) is 34.8. The Hall–Kier alpha value is -2.53. The van der Waals surface area contributed by atoms with Crippen LogP contribution in [-0.2, 0) is 70.7 Å². The van der Waals surface area contributed by atoms with Crippen molar-refractivity contribution in [2.24, 2.45) is 11.8 Å². The van der Waals surface area contributed by atoms with Gasteiger partial charge in [0.25, 0.3) is 0 Å². The third-order valence-electron chi connectivity index (χ3n) is 23.9. The maximum atomic E-state index is 14.9. The van der Waals surface area contributed by atoms with E-state index in [1.54, 1.807) is 0 Å². The summed E-state index contributed by atoms with van der Waals surface area (Å²) in [4.78, 5) is 66.5. The summed E-state index contributed by atoms with van der Waals surface area (Å²) in [5, 5.41) is 102. The Morgan fingerprint density at radius 2 is 0.641 bits per heavy atom. The normalized spacial score (nSPS) is 25.5. The fourth-order valence-electron chi connectivity index (χ4n) is 16.2. The van der Waals surface area contributed by atoms with E-state index >= 15 is 0 Å². The standard InChI is InChI=1S/C91H171O25P/c1-7-11-15-19-23-25-27-29-31-33-35-47-55-63-76(95)110-71(66-107-74(93)61-53-45-39-37-43-51-59-69(5)57-49-41-21-17-13-9-3)67-109-117(105,106)116-89-87(114-90-84(103)80(99)78(97)72(65-92)111-90)83(102)82(101)86(113-77(96)64-56-48-36-34-32-30-28-26-24-20-16-12-8-2)88(89)115-91-85(104)81(100)79(98)73(112-91)68-108-75(94)62-54-46-40-38-44-52-60-70(6)58-50-42-22-18-14-10-4/h69-73,78-92,97-104H,7-68H2,1-6H3,(H,105,106). The highest BCUT2D eigenvalue weighted by Crippen LogP contribution is 2.49. The van der Waals surface area contributed by atoms with Gasteiger partial charge in [-0.1, -0.05) is 363 Å². The molecule has 25 nitrogen and oxygen atoms in total. The van der Waals surface area contributed by atoms with Gasteiger partial charge in [-0.3, -0.25) is 28.2 Å². The van der Waals surface area contributed by atoms with Crippen molar-refractivity contribution in [2.45, 2.75) is 518 Å². The number of hydrogen-bond donors (Lipinski definition) is 10. The second-order valence-corrected chi connectivity index (χ2v) is 36.2. The highest BCUT2D eigenvalue weighted by Gasteiger charge is 2.60. The Labute approximate surface area is 706 Å². The van der Waals surface area contributed by atoms with Gasteiger partial charge in [-0.15, -0.1) is 0 Å². The number of esters is 4. The number of aliphatic hydroxyl groups is 9. The van der Waals surface area contributed by atoms with E-state index in [-0.39, 0.29) is 25.7 Å². The van der Waals surface area contributed by atoms with Crippen LogP contribution in [0.3, 0.4) is 0 Å². The first kappa shape index (κ1) is 109. The zero-order valence-electron chi connectivity index (χ0n) is 73.9. The first-order valence-electron chi connectivity index (χ1n) is 47.6. The summed E-state index contributed by atoms with van der Waals surface area (Å²) in [5.74, 6) is -1.57. The lowest BCUT2D eigenvalue weighted by molar-refractivity contribution is -0.360. The van der Waals surface area contributed by atoms with Crippen LogP contribution in [0.5, 0.6) is 0 Å². The van der Waals surface area contributed by atoms with E-state index in [0.29, 0.717) is 43.9 Å². The molecule has 1 saturated carbocycles. The fraction of sp³-hybridized carbons (Fsp3) is 0.956. The Morgan fingerprint density at radius 3 is 1.02 bits per heavy atom. The molecule has 10 N–H and O–H groups in total. The summed E-state index contributed by atoms with van der Waals surface area (Å²) in [5.41, 5.74) is 0. The molecular weight excluding hydrogens is 1520 g/mol. The van der Waals surface area contributed by atoms with Crippen LogP contribution in [-0.4, -0.2) is 205 Å². The fourth-order valence-corrected chi connectivity index (χ4v) is 17.1. The predicted molar refractivity (Wildman–Crippen MR) is 453 cm³/mol. The van der Waals surface area contributed by atoms with Crippen LogP contribution in [0.4, 0.5) is 0 Å². The van der Waals surface area contributed by atoms with Crippen molar-refractivity contribution < 1.29 is 122 Å². The Kier molecular flexibility index (Phi) is 63.9. The van der Waals surface area contributed by atoms with E-state index in [4.69, 9.17) is 46.9 Å². The smallest absolute Gasteiger partial charge is 0.463 e. The second kappa shape index (κ2) is 68.8. The summed E-state index contributed by atoms with van der Waals surface area (Å²) in [6.45, 7) is 10.3. The molecule has 1 aliphatic carbocycles. The zero-order valence-corrected chi connectivity index (χ0v) is 74.7. The quantitative estimate of drug-likeness (QED) is 0.0117. The predicted octanol–water partition coefficient (Wildman–Crippen LogP) is 17.5. The number of phosphoric ester groups is 1. The molecule has 117 heavy (non-hydrogen) atoms. The van der Waals surface area contributed by atoms with Crippen LogP contribution in [0.15, 0.2) is 0 Å². The van der Waals surface area contributed by atoms with Crippen molar-refractivity contribution in [1.82, 2.24) is 0 Å². The summed E-state index contributed by atoms with van der Waals surface area (Å²) in [7, 11) is -5.80. The molecule has 0 aromatic rings. The van der Waals surface area contributed by atoms with Crippen molar-refractivity contribution >= 4 is 31.7 Å². The number of aliphatic hydroxyl groups excluding tert-OH is 9.